The fourth-order valence-corrected chi connectivity index (χ4v) is 8.23. The zero-order valence-corrected chi connectivity index (χ0v) is 39.3. The van der Waals surface area contributed by atoms with Gasteiger partial charge in [-0.3, -0.25) is 24.0 Å². The summed E-state index contributed by atoms with van der Waals surface area (Å²) in [6.45, 7) is 9.22. The molecular weight excluding hydrogens is 761 g/mol. The van der Waals surface area contributed by atoms with Gasteiger partial charge in [-0.15, -0.1) is 0 Å². The monoisotopic (exact) mass is 853 g/mol. The highest BCUT2D eigenvalue weighted by atomic mass is 16.5. The van der Waals surface area contributed by atoms with Crippen LogP contribution in [0.25, 0.3) is 0 Å². The average molecular weight is 853 g/mol. The van der Waals surface area contributed by atoms with E-state index in [-0.39, 0.29) is 38.5 Å². The van der Waals surface area contributed by atoms with Gasteiger partial charge in [-0.2, -0.15) is 0 Å². The number of aliphatic hydroxyl groups excluding tert-OH is 1. The Morgan fingerprint density at radius 2 is 0.700 bits per heavy atom. The van der Waals surface area contributed by atoms with Gasteiger partial charge in [0.1, 0.15) is 6.61 Å². The van der Waals surface area contributed by atoms with Crippen molar-refractivity contribution in [1.29, 1.82) is 0 Å². The van der Waals surface area contributed by atoms with Crippen molar-refractivity contribution in [1.82, 2.24) is 0 Å². The Kier molecular flexibility index (Phi) is 34.3. The van der Waals surface area contributed by atoms with E-state index in [2.05, 4.69) is 34.6 Å². The third-order valence-corrected chi connectivity index (χ3v) is 12.4. The van der Waals surface area contributed by atoms with Crippen molar-refractivity contribution < 1.29 is 49.1 Å². The number of carbonyl (C=O) groups is 5. The molecular formula is C50H92O10. The number of ketones is 4. The maximum atomic E-state index is 14.7. The van der Waals surface area contributed by atoms with Gasteiger partial charge in [0, 0.05) is 32.1 Å². The first-order valence-corrected chi connectivity index (χ1v) is 24.9. The maximum absolute atomic E-state index is 14.7. The van der Waals surface area contributed by atoms with E-state index in [1.54, 1.807) is 0 Å². The lowest BCUT2D eigenvalue weighted by molar-refractivity contribution is -0.255. The summed E-state index contributed by atoms with van der Waals surface area (Å²) < 4.78 is 5.53. The second kappa shape index (κ2) is 35.5. The van der Waals surface area contributed by atoms with Gasteiger partial charge >= 0.3 is 5.97 Å². The predicted molar refractivity (Wildman–Crippen MR) is 242 cm³/mol. The third-order valence-electron chi connectivity index (χ3n) is 12.4. The number of hydrogen-bond donors (Lipinski definition) is 4. The summed E-state index contributed by atoms with van der Waals surface area (Å²) in [5.41, 5.74) is -10.7. The molecule has 0 spiro atoms. The molecule has 0 saturated carbocycles. The van der Waals surface area contributed by atoms with Crippen LogP contribution in [0.15, 0.2) is 0 Å². The molecule has 0 aromatic carbocycles. The summed E-state index contributed by atoms with van der Waals surface area (Å²) in [5.74, 6) is -5.28. The number of unbranched alkanes of at least 4 members (excludes halogenated alkanes) is 25. The van der Waals surface area contributed by atoms with Crippen LogP contribution in [-0.2, 0) is 28.7 Å². The summed E-state index contributed by atoms with van der Waals surface area (Å²) in [6, 6.07) is 0. The molecule has 0 aromatic rings. The topological polar surface area (TPSA) is 176 Å². The molecule has 1 unspecified atom stereocenters. The van der Waals surface area contributed by atoms with E-state index in [4.69, 9.17) is 4.74 Å². The largest absolute Gasteiger partial charge is 0.462 e. The Balaban J connectivity index is 7.26. The maximum Gasteiger partial charge on any atom is 0.305 e. The third kappa shape index (κ3) is 20.9. The normalized spacial score (nSPS) is 15.2. The van der Waals surface area contributed by atoms with Crippen molar-refractivity contribution in [2.24, 2.45) is 0 Å². The first-order chi connectivity index (χ1) is 28.8. The smallest absolute Gasteiger partial charge is 0.305 e. The summed E-state index contributed by atoms with van der Waals surface area (Å²) >= 11 is 0. The van der Waals surface area contributed by atoms with Gasteiger partial charge in [0.25, 0.3) is 0 Å². The van der Waals surface area contributed by atoms with E-state index in [9.17, 15) is 44.4 Å². The Morgan fingerprint density at radius 3 is 1.08 bits per heavy atom. The van der Waals surface area contributed by atoms with Gasteiger partial charge in [-0.25, -0.2) is 0 Å². The van der Waals surface area contributed by atoms with Crippen LogP contribution in [0.4, 0.5) is 0 Å². The van der Waals surface area contributed by atoms with E-state index in [1.165, 1.54) is 0 Å². The van der Waals surface area contributed by atoms with E-state index < -0.39 is 71.5 Å². The molecule has 0 heterocycles. The predicted octanol–water partition coefficient (Wildman–Crippen LogP) is 11.1. The Hall–Kier alpha value is -2.01. The number of Topliss-reactive ketones (excluding diaryl/α,β-unsaturated/α-hetero) is 4. The molecule has 0 aromatic heterocycles. The van der Waals surface area contributed by atoms with E-state index >= 15 is 0 Å². The van der Waals surface area contributed by atoms with Crippen LogP contribution in [0.3, 0.4) is 0 Å². The van der Waals surface area contributed by atoms with Crippen molar-refractivity contribution in [3.05, 3.63) is 0 Å². The van der Waals surface area contributed by atoms with Crippen LogP contribution in [0.5, 0.6) is 0 Å². The highest BCUT2D eigenvalue weighted by molar-refractivity contribution is 6.08. The summed E-state index contributed by atoms with van der Waals surface area (Å²) in [4.78, 5) is 70.9. The van der Waals surface area contributed by atoms with Gasteiger partial charge in [0.2, 0.25) is 5.60 Å². The molecule has 0 amide bonds. The molecule has 0 aliphatic heterocycles. The molecule has 0 bridgehead atoms. The van der Waals surface area contributed by atoms with E-state index in [0.29, 0.717) is 38.5 Å². The van der Waals surface area contributed by atoms with Crippen LogP contribution >= 0.6 is 0 Å². The number of aliphatic hydroxyl groups is 4. The Bertz CT molecular complexity index is 1160. The Labute approximate surface area is 366 Å². The molecule has 10 nitrogen and oxygen atoms in total. The van der Waals surface area contributed by atoms with Crippen LogP contribution in [0.2, 0.25) is 0 Å². The lowest BCUT2D eigenvalue weighted by atomic mass is 9.60. The molecule has 4 atom stereocenters. The molecule has 4 N–H and O–H groups in total. The van der Waals surface area contributed by atoms with E-state index in [0.717, 1.165) is 135 Å². The number of esters is 1. The molecule has 352 valence electrons. The second-order valence-electron chi connectivity index (χ2n) is 17.7. The van der Waals surface area contributed by atoms with Crippen LogP contribution < -0.4 is 0 Å². The van der Waals surface area contributed by atoms with Crippen molar-refractivity contribution in [2.75, 3.05) is 6.61 Å². The Morgan fingerprint density at radius 1 is 0.400 bits per heavy atom. The average Bonchev–Trinajstić information content (AvgIpc) is 3.24. The number of rotatable bonds is 44. The molecule has 10 heteroatoms. The molecule has 0 rings (SSSR count). The standard InChI is InChI=1S/C50H92O10/c1-6-11-16-21-26-31-36-42(51)47(56)49(58,44(53)38-33-28-23-18-13-8-3)50(59,45(54)39-34-29-24-19-14-9-4)48(57,43(52)37-32-27-22-17-12-7-2)41-60-46(55)40-35-30-25-20-15-10-5/h47,56-59H,6-41H2,1-5H3/t47?,48-,49-,50-/m0/s1. The van der Waals surface area contributed by atoms with Crippen molar-refractivity contribution in [3.63, 3.8) is 0 Å². The second-order valence-corrected chi connectivity index (χ2v) is 17.7. The van der Waals surface area contributed by atoms with Gasteiger partial charge < -0.3 is 25.2 Å². The number of hydrogen-bond acceptors (Lipinski definition) is 10. The zero-order valence-electron chi connectivity index (χ0n) is 39.3. The van der Waals surface area contributed by atoms with Crippen molar-refractivity contribution >= 4 is 29.1 Å². The zero-order chi connectivity index (χ0) is 45.1. The van der Waals surface area contributed by atoms with Gasteiger partial charge in [0.15, 0.2) is 40.4 Å². The van der Waals surface area contributed by atoms with Gasteiger partial charge in [-0.1, -0.05) is 195 Å². The molecule has 0 radical (unpaired) electrons. The van der Waals surface area contributed by atoms with Crippen LogP contribution in [-0.4, -0.2) is 79.0 Å². The van der Waals surface area contributed by atoms with Gasteiger partial charge in [0.05, 0.1) is 0 Å². The molecule has 0 aliphatic rings. The highest BCUT2D eigenvalue weighted by Gasteiger charge is 2.74. The molecule has 60 heavy (non-hydrogen) atoms. The summed E-state index contributed by atoms with van der Waals surface area (Å²) in [6.07, 6.45) is 19.7. The number of carbonyl (C=O) groups excluding carboxylic acids is 5. The highest BCUT2D eigenvalue weighted by Crippen LogP contribution is 2.42. The minimum Gasteiger partial charge on any atom is -0.462 e. The fourth-order valence-electron chi connectivity index (χ4n) is 8.23. The SMILES string of the molecule is CCCCCCCCC(=O)OC[C@](O)(C(=O)CCCCCCCC)[C@@](O)(C(=O)CCCCCCCC)[C@](O)(C(=O)CCCCCCCC)C(O)C(=O)CCCCCCCC. The summed E-state index contributed by atoms with van der Waals surface area (Å²) in [5, 5.41) is 50.5. The first-order valence-electron chi connectivity index (χ1n) is 24.9. The first kappa shape index (κ1) is 58.0. The van der Waals surface area contributed by atoms with Gasteiger partial charge in [-0.05, 0) is 32.1 Å². The lowest BCUT2D eigenvalue weighted by Crippen LogP contribution is -2.81. The fraction of sp³-hybridized carbons (Fsp3) is 0.900. The minimum atomic E-state index is -3.71. The molecule has 0 saturated heterocycles. The molecule has 0 aliphatic carbocycles. The van der Waals surface area contributed by atoms with Crippen LogP contribution in [0.1, 0.15) is 259 Å². The lowest BCUT2D eigenvalue weighted by Gasteiger charge is -2.50. The molecule has 0 fully saturated rings. The quantitative estimate of drug-likeness (QED) is 0.0341. The van der Waals surface area contributed by atoms with Crippen molar-refractivity contribution in [3.8, 4) is 0 Å². The van der Waals surface area contributed by atoms with Crippen LogP contribution in [0, 0.1) is 0 Å². The minimum absolute atomic E-state index is 0.0431. The number of ether oxygens (including phenoxy) is 1. The van der Waals surface area contributed by atoms with E-state index in [1.807, 2.05) is 0 Å². The summed E-state index contributed by atoms with van der Waals surface area (Å²) in [7, 11) is 0. The van der Waals surface area contributed by atoms with Crippen molar-refractivity contribution in [2.45, 2.75) is 282 Å².